The molecule has 0 aromatic heterocycles. The highest BCUT2D eigenvalue weighted by Crippen LogP contribution is 2.33. The van der Waals surface area contributed by atoms with Crippen LogP contribution in [0.15, 0.2) is 54.6 Å². The first-order valence-corrected chi connectivity index (χ1v) is 9.24. The van der Waals surface area contributed by atoms with E-state index in [1.807, 2.05) is 0 Å². The van der Waals surface area contributed by atoms with E-state index in [0.29, 0.717) is 0 Å². The molecule has 1 heterocycles. The highest BCUT2D eigenvalue weighted by atomic mass is 35.5. The number of hydrogen-bond acceptors (Lipinski definition) is 1. The first-order chi connectivity index (χ1) is 12.5. The maximum absolute atomic E-state index is 13.5. The molecule has 0 amide bonds. The maximum atomic E-state index is 13.5. The number of hydrogen-bond donors (Lipinski definition) is 0. The summed E-state index contributed by atoms with van der Waals surface area (Å²) in [7, 11) is 2.10. The van der Waals surface area contributed by atoms with Gasteiger partial charge in [0.1, 0.15) is 5.82 Å². The van der Waals surface area contributed by atoms with Crippen molar-refractivity contribution in [1.82, 2.24) is 0 Å². The Morgan fingerprint density at radius 2 is 1.96 bits per heavy atom. The molecule has 1 nitrogen and oxygen atoms in total. The zero-order valence-electron chi connectivity index (χ0n) is 15.4. The van der Waals surface area contributed by atoms with E-state index in [2.05, 4.69) is 68.3 Å². The van der Waals surface area contributed by atoms with Gasteiger partial charge >= 0.3 is 0 Å². The van der Waals surface area contributed by atoms with Crippen LogP contribution in [0.5, 0.6) is 0 Å². The normalized spacial score (nSPS) is 14.6. The Bertz CT molecular complexity index is 908. The highest BCUT2D eigenvalue weighted by Gasteiger charge is 2.13. The lowest BCUT2D eigenvalue weighted by Gasteiger charge is -2.24. The number of anilines is 1. The van der Waals surface area contributed by atoms with Gasteiger partial charge in [-0.05, 0) is 65.4 Å². The van der Waals surface area contributed by atoms with Gasteiger partial charge in [-0.1, -0.05) is 55.0 Å². The molecule has 0 aliphatic carbocycles. The maximum Gasteiger partial charge on any atom is 0.141 e. The van der Waals surface area contributed by atoms with Crippen molar-refractivity contribution in [2.24, 2.45) is 0 Å². The summed E-state index contributed by atoms with van der Waals surface area (Å²) >= 11 is 5.99. The minimum Gasteiger partial charge on any atom is -0.370 e. The van der Waals surface area contributed by atoms with Gasteiger partial charge in [0, 0.05) is 19.3 Å². The van der Waals surface area contributed by atoms with Crippen LogP contribution in [0.2, 0.25) is 5.02 Å². The Labute approximate surface area is 160 Å². The largest absolute Gasteiger partial charge is 0.370 e. The van der Waals surface area contributed by atoms with Crippen molar-refractivity contribution < 1.29 is 4.39 Å². The fraction of sp³-hybridized carbons (Fsp3) is 0.217. The van der Waals surface area contributed by atoms with Crippen LogP contribution in [0.1, 0.15) is 37.0 Å². The number of allylic oxidation sites excluding steroid dienone is 4. The van der Waals surface area contributed by atoms with E-state index in [1.165, 1.54) is 17.3 Å². The second-order valence-electron chi connectivity index (χ2n) is 6.53. The van der Waals surface area contributed by atoms with Crippen molar-refractivity contribution in [3.8, 4) is 0 Å². The summed E-state index contributed by atoms with van der Waals surface area (Å²) in [5.41, 5.74) is 6.72. The van der Waals surface area contributed by atoms with Crippen molar-refractivity contribution in [2.45, 2.75) is 20.3 Å². The average Bonchev–Trinajstić information content (AvgIpc) is 2.64. The van der Waals surface area contributed by atoms with Crippen molar-refractivity contribution in [3.05, 3.63) is 82.2 Å². The molecule has 0 spiro atoms. The lowest BCUT2D eigenvalue weighted by Crippen LogP contribution is -2.20. The number of halogens is 2. The van der Waals surface area contributed by atoms with E-state index < -0.39 is 5.82 Å². The van der Waals surface area contributed by atoms with Gasteiger partial charge < -0.3 is 4.90 Å². The molecule has 0 saturated carbocycles. The molecule has 1 aliphatic rings. The third-order valence-electron chi connectivity index (χ3n) is 4.70. The standard InChI is InChI=1S/C23H23ClFN/c1-4-5-8-20(16(2)17-9-11-22(25)21(24)15-17)18-10-12-23-19(14-18)7-6-13-26(23)3/h5-12,14-15H,4,13H2,1-3H3/b8-5-,20-16-. The second-order valence-corrected chi connectivity index (χ2v) is 6.94. The van der Waals surface area contributed by atoms with Crippen LogP contribution in [0, 0.1) is 5.82 Å². The predicted molar refractivity (Wildman–Crippen MR) is 112 cm³/mol. The zero-order valence-corrected chi connectivity index (χ0v) is 16.1. The SMILES string of the molecule is CC/C=C\C(=C(/C)c1ccc(F)c(Cl)c1)c1ccc2c(c1)C=CCN2C. The molecule has 0 fully saturated rings. The van der Waals surface area contributed by atoms with Crippen LogP contribution < -0.4 is 4.90 Å². The minimum absolute atomic E-state index is 0.149. The van der Waals surface area contributed by atoms with Gasteiger partial charge in [-0.15, -0.1) is 0 Å². The van der Waals surface area contributed by atoms with Crippen LogP contribution >= 0.6 is 11.6 Å². The van der Waals surface area contributed by atoms with E-state index in [-0.39, 0.29) is 5.02 Å². The molecule has 134 valence electrons. The molecular weight excluding hydrogens is 345 g/mol. The average molecular weight is 368 g/mol. The molecular formula is C23H23ClFN. The van der Waals surface area contributed by atoms with Crippen molar-refractivity contribution in [2.75, 3.05) is 18.5 Å². The molecule has 26 heavy (non-hydrogen) atoms. The Hall–Kier alpha value is -2.32. The lowest BCUT2D eigenvalue weighted by molar-refractivity contribution is 0.628. The fourth-order valence-corrected chi connectivity index (χ4v) is 3.38. The van der Waals surface area contributed by atoms with Crippen LogP contribution in [-0.2, 0) is 0 Å². The summed E-state index contributed by atoms with van der Waals surface area (Å²) in [6, 6.07) is 11.4. The minimum atomic E-state index is -0.393. The second kappa shape index (κ2) is 7.92. The van der Waals surface area contributed by atoms with E-state index in [0.717, 1.165) is 35.2 Å². The smallest absolute Gasteiger partial charge is 0.141 e. The molecule has 0 radical (unpaired) electrons. The first-order valence-electron chi connectivity index (χ1n) is 8.86. The molecule has 0 unspecified atom stereocenters. The van der Waals surface area contributed by atoms with Gasteiger partial charge in [0.05, 0.1) is 5.02 Å². The molecule has 3 heteroatoms. The Balaban J connectivity index is 2.13. The van der Waals surface area contributed by atoms with Gasteiger partial charge in [0.25, 0.3) is 0 Å². The van der Waals surface area contributed by atoms with Crippen molar-refractivity contribution in [1.29, 1.82) is 0 Å². The third kappa shape index (κ3) is 3.76. The number of fused-ring (bicyclic) bond motifs is 1. The molecule has 2 aromatic carbocycles. The number of rotatable bonds is 4. The van der Waals surface area contributed by atoms with Crippen LogP contribution in [0.3, 0.4) is 0 Å². The molecule has 1 aliphatic heterocycles. The zero-order chi connectivity index (χ0) is 18.7. The number of likely N-dealkylation sites (N-methyl/N-ethyl adjacent to an activating group) is 1. The summed E-state index contributed by atoms with van der Waals surface area (Å²) in [5.74, 6) is -0.393. The van der Waals surface area contributed by atoms with E-state index in [9.17, 15) is 4.39 Å². The summed E-state index contributed by atoms with van der Waals surface area (Å²) < 4.78 is 13.5. The summed E-state index contributed by atoms with van der Waals surface area (Å²) in [6.45, 7) is 5.10. The molecule has 2 aromatic rings. The van der Waals surface area contributed by atoms with Gasteiger partial charge in [0.15, 0.2) is 0 Å². The van der Waals surface area contributed by atoms with Gasteiger partial charge in [-0.25, -0.2) is 4.39 Å². The molecule has 0 bridgehead atoms. The molecule has 3 rings (SSSR count). The Morgan fingerprint density at radius 1 is 1.19 bits per heavy atom. The van der Waals surface area contributed by atoms with E-state index in [1.54, 1.807) is 12.1 Å². The van der Waals surface area contributed by atoms with Crippen LogP contribution in [-0.4, -0.2) is 13.6 Å². The van der Waals surface area contributed by atoms with Crippen molar-refractivity contribution in [3.63, 3.8) is 0 Å². The van der Waals surface area contributed by atoms with Crippen LogP contribution in [0.25, 0.3) is 17.2 Å². The number of nitrogens with zero attached hydrogens (tertiary/aromatic N) is 1. The number of benzene rings is 2. The van der Waals surface area contributed by atoms with Gasteiger partial charge in [-0.3, -0.25) is 0 Å². The Kier molecular flexibility index (Phi) is 5.63. The quantitative estimate of drug-likeness (QED) is 0.422. The topological polar surface area (TPSA) is 3.24 Å². The summed E-state index contributed by atoms with van der Waals surface area (Å²) in [6.07, 6.45) is 9.58. The van der Waals surface area contributed by atoms with E-state index in [4.69, 9.17) is 11.6 Å². The van der Waals surface area contributed by atoms with Gasteiger partial charge in [0.2, 0.25) is 0 Å². The molecule has 0 saturated heterocycles. The monoisotopic (exact) mass is 367 g/mol. The predicted octanol–water partition coefficient (Wildman–Crippen LogP) is 6.84. The molecule has 0 N–H and O–H groups in total. The van der Waals surface area contributed by atoms with Gasteiger partial charge in [-0.2, -0.15) is 0 Å². The highest BCUT2D eigenvalue weighted by molar-refractivity contribution is 6.31. The van der Waals surface area contributed by atoms with E-state index >= 15 is 0 Å². The molecule has 0 atom stereocenters. The van der Waals surface area contributed by atoms with Crippen LogP contribution in [0.4, 0.5) is 10.1 Å². The fourth-order valence-electron chi connectivity index (χ4n) is 3.20. The third-order valence-corrected chi connectivity index (χ3v) is 4.99. The summed E-state index contributed by atoms with van der Waals surface area (Å²) in [4.78, 5) is 2.23. The first kappa shape index (κ1) is 18.5. The summed E-state index contributed by atoms with van der Waals surface area (Å²) in [5, 5.41) is 0.149. The van der Waals surface area contributed by atoms with Crippen molar-refractivity contribution >= 4 is 34.5 Å². The Morgan fingerprint density at radius 3 is 2.69 bits per heavy atom. The lowest BCUT2D eigenvalue weighted by atomic mass is 9.93.